The van der Waals surface area contributed by atoms with Crippen LogP contribution in [0.3, 0.4) is 0 Å². The van der Waals surface area contributed by atoms with Crippen LogP contribution < -0.4 is 0 Å². The third-order valence-corrected chi connectivity index (χ3v) is 7.35. The zero-order valence-corrected chi connectivity index (χ0v) is 24.2. The zero-order valence-electron chi connectivity index (χ0n) is 20.0. The van der Waals surface area contributed by atoms with Gasteiger partial charge in [0.05, 0.1) is 0 Å². The van der Waals surface area contributed by atoms with Crippen molar-refractivity contribution in [1.82, 2.24) is 0 Å². The van der Waals surface area contributed by atoms with Crippen LogP contribution in [0.2, 0.25) is 0 Å². The topological polar surface area (TPSA) is 0 Å². The molecular formula is C32H30NiS4-4. The first-order valence-corrected chi connectivity index (χ1v) is 12.9. The van der Waals surface area contributed by atoms with E-state index in [1.54, 1.807) is 0 Å². The summed E-state index contributed by atoms with van der Waals surface area (Å²) in [4.78, 5) is 2.98. The Labute approximate surface area is 255 Å². The molecule has 0 unspecified atom stereocenters. The molecule has 0 atom stereocenters. The molecule has 0 aromatic heterocycles. The Hall–Kier alpha value is -2.27. The average molecular weight is 602 g/mol. The molecule has 4 aromatic carbocycles. The molecule has 0 saturated heterocycles. The summed E-state index contributed by atoms with van der Waals surface area (Å²) in [5, 5.41) is 0. The van der Waals surface area contributed by atoms with E-state index in [0.717, 1.165) is 41.9 Å². The van der Waals surface area contributed by atoms with Crippen LogP contribution in [0.5, 0.6) is 0 Å². The maximum atomic E-state index is 5.53. The van der Waals surface area contributed by atoms with Gasteiger partial charge in [-0.2, -0.15) is 19.6 Å². The molecule has 0 heterocycles. The first-order chi connectivity index (χ1) is 16.9. The van der Waals surface area contributed by atoms with Crippen molar-refractivity contribution in [2.24, 2.45) is 0 Å². The molecule has 4 aromatic rings. The first-order valence-electron chi connectivity index (χ1n) is 11.3. The second kappa shape index (κ2) is 16.5. The predicted octanol–water partition coefficient (Wildman–Crippen LogP) is 8.97. The maximum Gasteiger partial charge on any atom is 0 e. The van der Waals surface area contributed by atoms with Gasteiger partial charge in [-0.05, 0) is 33.7 Å². The molecule has 0 bridgehead atoms. The van der Waals surface area contributed by atoms with Crippen molar-refractivity contribution in [3.63, 3.8) is 0 Å². The van der Waals surface area contributed by atoms with Crippen LogP contribution in [0.15, 0.2) is 115 Å². The van der Waals surface area contributed by atoms with Crippen molar-refractivity contribution in [3.05, 3.63) is 143 Å². The SMILES string of the molecule is C.CC(C)c1cccc(C([S-])=C([S-])c2ccccc2)c1.[Ni].[S-]C(=C([S-])c1ccccc1)c1ccccc1. The molecule has 0 aliphatic heterocycles. The van der Waals surface area contributed by atoms with Crippen molar-refractivity contribution < 1.29 is 16.5 Å². The van der Waals surface area contributed by atoms with Crippen molar-refractivity contribution in [2.45, 2.75) is 27.2 Å². The summed E-state index contributed by atoms with van der Waals surface area (Å²) < 4.78 is 0. The van der Waals surface area contributed by atoms with Crippen LogP contribution in [0.1, 0.15) is 55.0 Å². The standard InChI is InChI=1S/C17H18S2.C14H12S2.CH4.Ni/c1-12(2)14-9-6-10-15(11-14)17(19)16(18)13-7-4-3-5-8-13;15-13(11-7-3-1-4-8-11)14(16)12-9-5-2-6-10-12;;/h3-12,18-19H,1-2H3;1-10,15-16H;1H4;/p-4. The first kappa shape index (κ1) is 32.8. The molecule has 0 fully saturated rings. The van der Waals surface area contributed by atoms with Gasteiger partial charge in [-0.1, -0.05) is 137 Å². The summed E-state index contributed by atoms with van der Waals surface area (Å²) >= 11 is 21.8. The molecule has 37 heavy (non-hydrogen) atoms. The maximum absolute atomic E-state index is 5.53. The Morgan fingerprint density at radius 2 is 0.757 bits per heavy atom. The van der Waals surface area contributed by atoms with Gasteiger partial charge in [0.1, 0.15) is 0 Å². The van der Waals surface area contributed by atoms with Gasteiger partial charge in [0.25, 0.3) is 0 Å². The largest absolute Gasteiger partial charge is 0.781 e. The minimum absolute atomic E-state index is 0. The molecule has 0 spiro atoms. The third-order valence-electron chi connectivity index (χ3n) is 5.34. The van der Waals surface area contributed by atoms with E-state index < -0.39 is 0 Å². The van der Waals surface area contributed by atoms with Crippen LogP contribution in [-0.2, 0) is 67.0 Å². The summed E-state index contributed by atoms with van der Waals surface area (Å²) in [5.41, 5.74) is 5.35. The quantitative estimate of drug-likeness (QED) is 0.127. The van der Waals surface area contributed by atoms with E-state index in [2.05, 4.69) is 26.0 Å². The Morgan fingerprint density at radius 1 is 0.459 bits per heavy atom. The minimum Gasteiger partial charge on any atom is -0.781 e. The van der Waals surface area contributed by atoms with E-state index in [-0.39, 0.29) is 23.9 Å². The molecule has 0 amide bonds. The van der Waals surface area contributed by atoms with Gasteiger partial charge in [-0.15, -0.1) is 0 Å². The molecular weight excluding hydrogens is 571 g/mol. The van der Waals surface area contributed by atoms with Crippen LogP contribution in [0.4, 0.5) is 0 Å². The van der Waals surface area contributed by atoms with Gasteiger partial charge in [-0.3, -0.25) is 0 Å². The van der Waals surface area contributed by atoms with E-state index in [4.69, 9.17) is 50.5 Å². The fourth-order valence-electron chi connectivity index (χ4n) is 3.33. The average Bonchev–Trinajstić information content (AvgIpc) is 2.93. The molecule has 5 heteroatoms. The molecule has 0 aliphatic rings. The molecule has 0 saturated carbocycles. The molecule has 196 valence electrons. The molecule has 0 N–H and O–H groups in total. The van der Waals surface area contributed by atoms with Crippen molar-refractivity contribution in [1.29, 1.82) is 0 Å². The van der Waals surface area contributed by atoms with E-state index in [1.165, 1.54) is 5.56 Å². The smallest absolute Gasteiger partial charge is 0 e. The van der Waals surface area contributed by atoms with Gasteiger partial charge < -0.3 is 50.5 Å². The Bertz CT molecular complexity index is 1230. The summed E-state index contributed by atoms with van der Waals surface area (Å²) in [6.07, 6.45) is 0. The molecule has 0 radical (unpaired) electrons. The second-order valence-corrected chi connectivity index (χ2v) is 9.83. The van der Waals surface area contributed by atoms with Crippen molar-refractivity contribution >= 4 is 70.1 Å². The summed E-state index contributed by atoms with van der Waals surface area (Å²) in [6.45, 7) is 4.36. The van der Waals surface area contributed by atoms with Gasteiger partial charge in [0, 0.05) is 16.5 Å². The van der Waals surface area contributed by atoms with Crippen LogP contribution >= 0.6 is 0 Å². The Morgan fingerprint density at radius 3 is 1.08 bits per heavy atom. The molecule has 0 aliphatic carbocycles. The van der Waals surface area contributed by atoms with E-state index in [0.29, 0.717) is 5.92 Å². The number of benzene rings is 4. The van der Waals surface area contributed by atoms with Crippen molar-refractivity contribution in [3.8, 4) is 0 Å². The summed E-state index contributed by atoms with van der Waals surface area (Å²) in [5.74, 6) is 0.494. The van der Waals surface area contributed by atoms with E-state index >= 15 is 0 Å². The zero-order chi connectivity index (χ0) is 25.2. The summed E-state index contributed by atoms with van der Waals surface area (Å²) in [6, 6.07) is 38.0. The van der Waals surface area contributed by atoms with Crippen LogP contribution in [0, 0.1) is 0 Å². The van der Waals surface area contributed by atoms with Gasteiger partial charge in [0.2, 0.25) is 0 Å². The van der Waals surface area contributed by atoms with Gasteiger partial charge in [0.15, 0.2) is 0 Å². The summed E-state index contributed by atoms with van der Waals surface area (Å²) in [7, 11) is 0. The molecule has 0 nitrogen and oxygen atoms in total. The number of hydrogen-bond acceptors (Lipinski definition) is 4. The number of rotatable bonds is 5. The van der Waals surface area contributed by atoms with E-state index in [9.17, 15) is 0 Å². The fourth-order valence-corrected chi connectivity index (χ4v) is 4.34. The molecule has 4 rings (SSSR count). The Balaban J connectivity index is 0.000000355. The van der Waals surface area contributed by atoms with Crippen LogP contribution in [0.25, 0.3) is 19.6 Å². The fraction of sp³-hybridized carbons (Fsp3) is 0.125. The Kier molecular flexibility index (Phi) is 14.7. The minimum atomic E-state index is 0. The second-order valence-electron chi connectivity index (χ2n) is 8.19. The predicted molar refractivity (Wildman–Crippen MR) is 170 cm³/mol. The number of hydrogen-bond donors (Lipinski definition) is 0. The monoisotopic (exact) mass is 600 g/mol. The van der Waals surface area contributed by atoms with Gasteiger partial charge in [-0.25, -0.2) is 0 Å². The normalized spacial score (nSPS) is 11.5. The van der Waals surface area contributed by atoms with Crippen LogP contribution in [-0.4, -0.2) is 0 Å². The van der Waals surface area contributed by atoms with E-state index in [1.807, 2.05) is 103 Å². The van der Waals surface area contributed by atoms with Crippen molar-refractivity contribution in [2.75, 3.05) is 0 Å². The van der Waals surface area contributed by atoms with Gasteiger partial charge >= 0.3 is 0 Å². The third kappa shape index (κ3) is 9.52.